The Morgan fingerprint density at radius 2 is 1.81 bits per heavy atom. The third-order valence-corrected chi connectivity index (χ3v) is 4.14. The highest BCUT2D eigenvalue weighted by Gasteiger charge is 2.29. The SMILES string of the molecule is C[C@@H](C(=O)Nn1cnnc1)N(C(=O)c1ccccc1)c1ccc(F)c(Cl)c1. The average molecular weight is 388 g/mol. The molecular formula is C18H15ClFN5O2. The van der Waals surface area contributed by atoms with Gasteiger partial charge in [-0.1, -0.05) is 29.8 Å². The van der Waals surface area contributed by atoms with E-state index < -0.39 is 23.7 Å². The maximum atomic E-state index is 13.6. The van der Waals surface area contributed by atoms with Crippen LogP contribution >= 0.6 is 11.6 Å². The van der Waals surface area contributed by atoms with Gasteiger partial charge in [-0.3, -0.25) is 19.9 Å². The highest BCUT2D eigenvalue weighted by atomic mass is 35.5. The summed E-state index contributed by atoms with van der Waals surface area (Å²) in [5.74, 6) is -1.53. The lowest BCUT2D eigenvalue weighted by atomic mass is 10.1. The van der Waals surface area contributed by atoms with Crippen molar-refractivity contribution in [2.45, 2.75) is 13.0 Å². The molecule has 0 saturated carbocycles. The van der Waals surface area contributed by atoms with E-state index in [0.717, 1.165) is 6.07 Å². The minimum absolute atomic E-state index is 0.148. The third-order valence-electron chi connectivity index (χ3n) is 3.85. The molecule has 0 unspecified atom stereocenters. The number of hydrogen-bond donors (Lipinski definition) is 1. The molecule has 1 heterocycles. The van der Waals surface area contributed by atoms with Gasteiger partial charge in [0.05, 0.1) is 5.02 Å². The van der Waals surface area contributed by atoms with Gasteiger partial charge >= 0.3 is 0 Å². The maximum absolute atomic E-state index is 13.6. The smallest absolute Gasteiger partial charge is 0.261 e. The van der Waals surface area contributed by atoms with Crippen LogP contribution in [0.15, 0.2) is 61.2 Å². The zero-order valence-electron chi connectivity index (χ0n) is 14.2. The standard InChI is InChI=1S/C18H15ClFN5O2/c1-12(17(26)23-24-10-21-22-11-24)25(14-7-8-16(20)15(19)9-14)18(27)13-5-3-2-4-6-13/h2-12H,1H3,(H,23,26)/t12-/m0/s1. The minimum Gasteiger partial charge on any atom is -0.296 e. The lowest BCUT2D eigenvalue weighted by Gasteiger charge is -2.29. The summed E-state index contributed by atoms with van der Waals surface area (Å²) in [7, 11) is 0. The third kappa shape index (κ3) is 4.12. The fraction of sp³-hybridized carbons (Fsp3) is 0.111. The molecule has 1 atom stereocenters. The van der Waals surface area contributed by atoms with Crippen molar-refractivity contribution in [3.63, 3.8) is 0 Å². The van der Waals surface area contributed by atoms with Gasteiger partial charge in [0.1, 0.15) is 24.5 Å². The molecular weight excluding hydrogens is 373 g/mol. The van der Waals surface area contributed by atoms with Crippen LogP contribution in [-0.4, -0.2) is 32.7 Å². The molecule has 27 heavy (non-hydrogen) atoms. The van der Waals surface area contributed by atoms with Crippen LogP contribution in [0.3, 0.4) is 0 Å². The molecule has 0 aliphatic rings. The first-order chi connectivity index (χ1) is 13.0. The monoisotopic (exact) mass is 387 g/mol. The summed E-state index contributed by atoms with van der Waals surface area (Å²) < 4.78 is 14.8. The molecule has 3 rings (SSSR count). The summed E-state index contributed by atoms with van der Waals surface area (Å²) in [5.41, 5.74) is 3.23. The van der Waals surface area contributed by atoms with E-state index in [4.69, 9.17) is 11.6 Å². The van der Waals surface area contributed by atoms with Gasteiger partial charge < -0.3 is 0 Å². The molecule has 0 radical (unpaired) electrons. The molecule has 0 fully saturated rings. The summed E-state index contributed by atoms with van der Waals surface area (Å²) in [5, 5.41) is 7.05. The van der Waals surface area contributed by atoms with Crippen molar-refractivity contribution < 1.29 is 14.0 Å². The summed E-state index contributed by atoms with van der Waals surface area (Å²) in [6.45, 7) is 1.55. The molecule has 0 bridgehead atoms. The van der Waals surface area contributed by atoms with Crippen LogP contribution in [0.5, 0.6) is 0 Å². The van der Waals surface area contributed by atoms with Crippen molar-refractivity contribution in [2.75, 3.05) is 10.3 Å². The minimum atomic E-state index is -0.929. The van der Waals surface area contributed by atoms with Crippen molar-refractivity contribution in [3.8, 4) is 0 Å². The lowest BCUT2D eigenvalue weighted by molar-refractivity contribution is -0.118. The predicted molar refractivity (Wildman–Crippen MR) is 98.5 cm³/mol. The number of nitrogens with one attached hydrogen (secondary N) is 1. The zero-order chi connectivity index (χ0) is 19.4. The topological polar surface area (TPSA) is 80.1 Å². The van der Waals surface area contributed by atoms with Gasteiger partial charge in [-0.05, 0) is 37.3 Å². The van der Waals surface area contributed by atoms with Gasteiger partial charge in [0.25, 0.3) is 11.8 Å². The number of rotatable bonds is 5. The van der Waals surface area contributed by atoms with Gasteiger partial charge in [0, 0.05) is 11.3 Å². The van der Waals surface area contributed by atoms with Crippen LogP contribution in [0.25, 0.3) is 0 Å². The van der Waals surface area contributed by atoms with Gasteiger partial charge in [-0.25, -0.2) is 9.07 Å². The van der Waals surface area contributed by atoms with Crippen molar-refractivity contribution >= 4 is 29.1 Å². The highest BCUT2D eigenvalue weighted by molar-refractivity contribution is 6.31. The first-order valence-electron chi connectivity index (χ1n) is 7.96. The number of anilines is 1. The largest absolute Gasteiger partial charge is 0.296 e. The molecule has 0 spiro atoms. The van der Waals surface area contributed by atoms with Crippen LogP contribution in [0.2, 0.25) is 5.02 Å². The fourth-order valence-corrected chi connectivity index (χ4v) is 2.64. The summed E-state index contributed by atoms with van der Waals surface area (Å²) in [6, 6.07) is 11.4. The molecule has 1 N–H and O–H groups in total. The molecule has 2 amide bonds. The quantitative estimate of drug-likeness (QED) is 0.730. The Labute approximate surface area is 159 Å². The number of benzene rings is 2. The van der Waals surface area contributed by atoms with E-state index >= 15 is 0 Å². The van der Waals surface area contributed by atoms with Crippen LogP contribution < -0.4 is 10.3 Å². The molecule has 3 aromatic rings. The second kappa shape index (κ2) is 7.96. The van der Waals surface area contributed by atoms with Crippen molar-refractivity contribution in [1.29, 1.82) is 0 Å². The molecule has 1 aromatic heterocycles. The van der Waals surface area contributed by atoms with Crippen LogP contribution in [0.4, 0.5) is 10.1 Å². The number of carbonyl (C=O) groups excluding carboxylic acids is 2. The Morgan fingerprint density at radius 3 is 2.44 bits per heavy atom. The second-order valence-electron chi connectivity index (χ2n) is 5.66. The average Bonchev–Trinajstić information content (AvgIpc) is 3.18. The van der Waals surface area contributed by atoms with E-state index in [1.54, 1.807) is 37.3 Å². The van der Waals surface area contributed by atoms with Gasteiger partial charge in [-0.15, -0.1) is 10.2 Å². The zero-order valence-corrected chi connectivity index (χ0v) is 15.0. The normalized spacial score (nSPS) is 11.7. The highest BCUT2D eigenvalue weighted by Crippen LogP contribution is 2.26. The second-order valence-corrected chi connectivity index (χ2v) is 6.07. The molecule has 138 valence electrons. The van der Waals surface area contributed by atoms with Crippen molar-refractivity contribution in [1.82, 2.24) is 14.9 Å². The Hall–Kier alpha value is -3.26. The number of halogens is 2. The van der Waals surface area contributed by atoms with E-state index in [1.165, 1.54) is 34.4 Å². The van der Waals surface area contributed by atoms with E-state index in [9.17, 15) is 14.0 Å². The van der Waals surface area contributed by atoms with Gasteiger partial charge in [-0.2, -0.15) is 0 Å². The number of carbonyl (C=O) groups is 2. The van der Waals surface area contributed by atoms with E-state index in [0.29, 0.717) is 11.3 Å². The summed E-state index contributed by atoms with van der Waals surface area (Å²) in [4.78, 5) is 26.9. The van der Waals surface area contributed by atoms with E-state index in [1.807, 2.05) is 0 Å². The molecule has 0 saturated heterocycles. The molecule has 2 aromatic carbocycles. The summed E-state index contributed by atoms with van der Waals surface area (Å²) >= 11 is 5.87. The Kier molecular flexibility index (Phi) is 5.46. The van der Waals surface area contributed by atoms with Gasteiger partial charge in [0.15, 0.2) is 0 Å². The Balaban J connectivity index is 1.96. The number of hydrogen-bond acceptors (Lipinski definition) is 4. The molecule has 7 nitrogen and oxygen atoms in total. The van der Waals surface area contributed by atoms with Crippen molar-refractivity contribution in [3.05, 3.63) is 77.6 Å². The molecule has 9 heteroatoms. The van der Waals surface area contributed by atoms with Crippen LogP contribution in [-0.2, 0) is 4.79 Å². The number of aromatic nitrogens is 3. The van der Waals surface area contributed by atoms with Crippen LogP contribution in [0.1, 0.15) is 17.3 Å². The molecule has 0 aliphatic heterocycles. The Morgan fingerprint density at radius 1 is 1.15 bits per heavy atom. The first kappa shape index (κ1) is 18.5. The first-order valence-corrected chi connectivity index (χ1v) is 8.34. The number of amides is 2. The predicted octanol–water partition coefficient (Wildman–Crippen LogP) is 2.88. The Bertz CT molecular complexity index is 950. The maximum Gasteiger partial charge on any atom is 0.261 e. The fourth-order valence-electron chi connectivity index (χ4n) is 2.47. The van der Waals surface area contributed by atoms with Crippen LogP contribution in [0, 0.1) is 5.82 Å². The summed E-state index contributed by atoms with van der Waals surface area (Å²) in [6.07, 6.45) is 2.62. The lowest BCUT2D eigenvalue weighted by Crippen LogP contribution is -2.47. The van der Waals surface area contributed by atoms with Gasteiger partial charge in [0.2, 0.25) is 0 Å². The van der Waals surface area contributed by atoms with E-state index in [-0.39, 0.29) is 5.02 Å². The number of nitrogens with zero attached hydrogens (tertiary/aromatic N) is 4. The molecule has 0 aliphatic carbocycles. The van der Waals surface area contributed by atoms with Crippen molar-refractivity contribution in [2.24, 2.45) is 0 Å². The van der Waals surface area contributed by atoms with E-state index in [2.05, 4.69) is 15.6 Å².